The van der Waals surface area contributed by atoms with Gasteiger partial charge >= 0.3 is 5.97 Å². The maximum absolute atomic E-state index is 11.3. The highest BCUT2D eigenvalue weighted by molar-refractivity contribution is 5.75. The standard InChI is InChI=1S/C11H20N2O3/c1-8(11(15)16)9-6-13(7-9)5-4-10(14)12(2)3/h8-9H,4-7H2,1-3H3,(H,15,16). The van der Waals surface area contributed by atoms with E-state index in [0.717, 1.165) is 19.6 Å². The fourth-order valence-electron chi connectivity index (χ4n) is 1.79. The molecule has 1 aliphatic heterocycles. The Bertz CT molecular complexity index is 272. The Hall–Kier alpha value is -1.10. The minimum Gasteiger partial charge on any atom is -0.481 e. The van der Waals surface area contributed by atoms with Crippen LogP contribution in [0.5, 0.6) is 0 Å². The first kappa shape index (κ1) is 13.0. The number of amides is 1. The molecule has 1 rings (SSSR count). The fourth-order valence-corrected chi connectivity index (χ4v) is 1.79. The number of aliphatic carboxylic acids is 1. The highest BCUT2D eigenvalue weighted by atomic mass is 16.4. The van der Waals surface area contributed by atoms with Gasteiger partial charge in [-0.3, -0.25) is 9.59 Å². The minimum atomic E-state index is -0.728. The van der Waals surface area contributed by atoms with E-state index >= 15 is 0 Å². The van der Waals surface area contributed by atoms with Crippen molar-refractivity contribution < 1.29 is 14.7 Å². The molecule has 1 N–H and O–H groups in total. The Morgan fingerprint density at radius 3 is 2.44 bits per heavy atom. The van der Waals surface area contributed by atoms with Gasteiger partial charge in [0.15, 0.2) is 0 Å². The molecule has 0 aromatic rings. The molecule has 1 heterocycles. The van der Waals surface area contributed by atoms with Crippen LogP contribution >= 0.6 is 0 Å². The van der Waals surface area contributed by atoms with Crippen molar-refractivity contribution in [2.45, 2.75) is 13.3 Å². The van der Waals surface area contributed by atoms with E-state index in [9.17, 15) is 9.59 Å². The maximum Gasteiger partial charge on any atom is 0.306 e. The van der Waals surface area contributed by atoms with Gasteiger partial charge in [0, 0.05) is 40.2 Å². The molecule has 0 aromatic carbocycles. The zero-order valence-electron chi connectivity index (χ0n) is 10.1. The Balaban J connectivity index is 2.17. The van der Waals surface area contributed by atoms with Crippen LogP contribution in [0.15, 0.2) is 0 Å². The van der Waals surface area contributed by atoms with Crippen molar-refractivity contribution in [1.29, 1.82) is 0 Å². The molecule has 16 heavy (non-hydrogen) atoms. The third-order valence-electron chi connectivity index (χ3n) is 3.22. The number of rotatable bonds is 5. The molecule has 92 valence electrons. The number of hydrogen-bond acceptors (Lipinski definition) is 3. The lowest BCUT2D eigenvalue weighted by molar-refractivity contribution is -0.145. The summed E-state index contributed by atoms with van der Waals surface area (Å²) in [6.45, 7) is 4.08. The Kier molecular flexibility index (Phi) is 4.29. The molecule has 1 amide bonds. The van der Waals surface area contributed by atoms with Gasteiger partial charge in [-0.05, 0) is 5.92 Å². The van der Waals surface area contributed by atoms with Crippen molar-refractivity contribution in [1.82, 2.24) is 9.80 Å². The van der Waals surface area contributed by atoms with E-state index in [4.69, 9.17) is 5.11 Å². The zero-order chi connectivity index (χ0) is 12.3. The molecule has 0 aromatic heterocycles. The molecule has 0 radical (unpaired) electrons. The number of hydrogen-bond donors (Lipinski definition) is 1. The summed E-state index contributed by atoms with van der Waals surface area (Å²) in [6.07, 6.45) is 0.515. The Labute approximate surface area is 96.0 Å². The van der Waals surface area contributed by atoms with E-state index in [0.29, 0.717) is 6.42 Å². The smallest absolute Gasteiger partial charge is 0.306 e. The monoisotopic (exact) mass is 228 g/mol. The van der Waals surface area contributed by atoms with Gasteiger partial charge in [-0.2, -0.15) is 0 Å². The van der Waals surface area contributed by atoms with Gasteiger partial charge in [0.05, 0.1) is 5.92 Å². The van der Waals surface area contributed by atoms with Crippen LogP contribution in [0.25, 0.3) is 0 Å². The second-order valence-electron chi connectivity index (χ2n) is 4.68. The molecule has 0 saturated carbocycles. The first-order valence-corrected chi connectivity index (χ1v) is 5.57. The third-order valence-corrected chi connectivity index (χ3v) is 3.22. The average Bonchev–Trinajstić information content (AvgIpc) is 2.14. The molecule has 1 atom stereocenters. The summed E-state index contributed by atoms with van der Waals surface area (Å²) in [7, 11) is 3.49. The Morgan fingerprint density at radius 2 is 2.00 bits per heavy atom. The van der Waals surface area contributed by atoms with E-state index in [-0.39, 0.29) is 17.7 Å². The quantitative estimate of drug-likeness (QED) is 0.726. The minimum absolute atomic E-state index is 0.120. The Morgan fingerprint density at radius 1 is 1.44 bits per heavy atom. The van der Waals surface area contributed by atoms with E-state index < -0.39 is 5.97 Å². The number of likely N-dealkylation sites (tertiary alicyclic amines) is 1. The highest BCUT2D eigenvalue weighted by Crippen LogP contribution is 2.23. The second kappa shape index (κ2) is 5.30. The normalized spacial score (nSPS) is 18.9. The van der Waals surface area contributed by atoms with Crippen molar-refractivity contribution in [2.24, 2.45) is 11.8 Å². The average molecular weight is 228 g/mol. The van der Waals surface area contributed by atoms with Gasteiger partial charge in [0.1, 0.15) is 0 Å². The van der Waals surface area contributed by atoms with Gasteiger partial charge in [-0.25, -0.2) is 0 Å². The largest absolute Gasteiger partial charge is 0.481 e. The molecule has 1 fully saturated rings. The van der Waals surface area contributed by atoms with Crippen molar-refractivity contribution in [3.8, 4) is 0 Å². The van der Waals surface area contributed by atoms with Crippen LogP contribution < -0.4 is 0 Å². The zero-order valence-corrected chi connectivity index (χ0v) is 10.1. The van der Waals surface area contributed by atoms with E-state index in [1.54, 1.807) is 25.9 Å². The molecule has 0 aliphatic carbocycles. The van der Waals surface area contributed by atoms with Crippen LogP contribution in [0, 0.1) is 11.8 Å². The number of carbonyl (C=O) groups excluding carboxylic acids is 1. The van der Waals surface area contributed by atoms with E-state index in [1.807, 2.05) is 0 Å². The highest BCUT2D eigenvalue weighted by Gasteiger charge is 2.34. The van der Waals surface area contributed by atoms with Crippen LogP contribution in [0.2, 0.25) is 0 Å². The van der Waals surface area contributed by atoms with Gasteiger partial charge in [-0.1, -0.05) is 6.92 Å². The molecular weight excluding hydrogens is 208 g/mol. The fraction of sp³-hybridized carbons (Fsp3) is 0.818. The lowest BCUT2D eigenvalue weighted by Crippen LogP contribution is -2.51. The summed E-state index contributed by atoms with van der Waals surface area (Å²) >= 11 is 0. The summed E-state index contributed by atoms with van der Waals surface area (Å²) in [5.41, 5.74) is 0. The lowest BCUT2D eigenvalue weighted by Gasteiger charge is -2.41. The first-order chi connectivity index (χ1) is 7.41. The summed E-state index contributed by atoms with van der Waals surface area (Å²) in [5.74, 6) is -0.642. The molecule has 5 heteroatoms. The van der Waals surface area contributed by atoms with Crippen LogP contribution in [-0.2, 0) is 9.59 Å². The number of nitrogens with zero attached hydrogens (tertiary/aromatic N) is 2. The van der Waals surface area contributed by atoms with Gasteiger partial charge in [-0.15, -0.1) is 0 Å². The SMILES string of the molecule is CC(C(=O)O)C1CN(CCC(=O)N(C)C)C1. The molecule has 0 spiro atoms. The predicted molar refractivity (Wildman–Crippen MR) is 60.0 cm³/mol. The van der Waals surface area contributed by atoms with Gasteiger partial charge in [0.2, 0.25) is 5.91 Å². The molecular formula is C11H20N2O3. The van der Waals surface area contributed by atoms with Crippen LogP contribution in [0.1, 0.15) is 13.3 Å². The molecule has 1 unspecified atom stereocenters. The van der Waals surface area contributed by atoms with Crippen LogP contribution in [-0.4, -0.2) is 60.5 Å². The summed E-state index contributed by atoms with van der Waals surface area (Å²) < 4.78 is 0. The summed E-state index contributed by atoms with van der Waals surface area (Å²) in [5, 5.41) is 8.82. The molecule has 0 bridgehead atoms. The number of carboxylic acid groups (broad SMARTS) is 1. The predicted octanol–water partition coefficient (Wildman–Crippen LogP) is 0.117. The van der Waals surface area contributed by atoms with Crippen molar-refractivity contribution in [3.63, 3.8) is 0 Å². The van der Waals surface area contributed by atoms with Crippen molar-refractivity contribution >= 4 is 11.9 Å². The van der Waals surface area contributed by atoms with Crippen LogP contribution in [0.3, 0.4) is 0 Å². The topological polar surface area (TPSA) is 60.9 Å². The first-order valence-electron chi connectivity index (χ1n) is 5.57. The van der Waals surface area contributed by atoms with Crippen molar-refractivity contribution in [2.75, 3.05) is 33.7 Å². The van der Waals surface area contributed by atoms with Gasteiger partial charge in [0.25, 0.3) is 0 Å². The van der Waals surface area contributed by atoms with E-state index in [2.05, 4.69) is 4.90 Å². The molecule has 1 aliphatic rings. The van der Waals surface area contributed by atoms with Gasteiger partial charge < -0.3 is 14.9 Å². The maximum atomic E-state index is 11.3. The molecule has 1 saturated heterocycles. The lowest BCUT2D eigenvalue weighted by atomic mass is 9.87. The van der Waals surface area contributed by atoms with Crippen molar-refractivity contribution in [3.05, 3.63) is 0 Å². The van der Waals surface area contributed by atoms with E-state index in [1.165, 1.54) is 0 Å². The summed E-state index contributed by atoms with van der Waals surface area (Å²) in [6, 6.07) is 0. The third kappa shape index (κ3) is 3.20. The second-order valence-corrected chi connectivity index (χ2v) is 4.68. The summed E-state index contributed by atoms with van der Waals surface area (Å²) in [4.78, 5) is 25.7. The molecule has 5 nitrogen and oxygen atoms in total. The number of carboxylic acids is 1. The number of carbonyl (C=O) groups is 2. The van der Waals surface area contributed by atoms with Crippen LogP contribution in [0.4, 0.5) is 0 Å².